The van der Waals surface area contributed by atoms with E-state index >= 15 is 0 Å². The Hall–Kier alpha value is -3.38. The van der Waals surface area contributed by atoms with Crippen LogP contribution in [0.3, 0.4) is 0 Å². The Balaban J connectivity index is 1.33. The molecule has 1 amide bonds. The first-order chi connectivity index (χ1) is 17.2. The van der Waals surface area contributed by atoms with Crippen LogP contribution in [-0.2, 0) is 11.4 Å². The molecule has 2 fully saturated rings. The van der Waals surface area contributed by atoms with Crippen LogP contribution in [0.15, 0.2) is 88.8 Å². The van der Waals surface area contributed by atoms with Crippen LogP contribution >= 0.6 is 11.8 Å². The van der Waals surface area contributed by atoms with Crippen LogP contribution in [0, 0.1) is 5.82 Å². The average Bonchev–Trinajstić information content (AvgIpc) is 3.19. The number of halogens is 1. The Labute approximate surface area is 209 Å². The number of aliphatic imine (C=N–C) groups is 1. The van der Waals surface area contributed by atoms with Gasteiger partial charge in [0.25, 0.3) is 5.91 Å². The third kappa shape index (κ3) is 5.82. The predicted octanol–water partition coefficient (Wildman–Crippen LogP) is 7.34. The summed E-state index contributed by atoms with van der Waals surface area (Å²) < 4.78 is 18.9. The molecule has 0 bridgehead atoms. The van der Waals surface area contributed by atoms with Crippen LogP contribution in [0.25, 0.3) is 6.08 Å². The fourth-order valence-electron chi connectivity index (χ4n) is 4.40. The number of ether oxygens (including phenoxy) is 1. The molecule has 178 valence electrons. The van der Waals surface area contributed by atoms with Gasteiger partial charge < -0.3 is 4.74 Å². The lowest BCUT2D eigenvalue weighted by Crippen LogP contribution is -2.40. The highest BCUT2D eigenvalue weighted by atomic mass is 32.2. The van der Waals surface area contributed by atoms with Crippen molar-refractivity contribution in [3.05, 3.63) is 101 Å². The van der Waals surface area contributed by atoms with E-state index < -0.39 is 0 Å². The molecule has 0 radical (unpaired) electrons. The highest BCUT2D eigenvalue weighted by molar-refractivity contribution is 8.18. The Morgan fingerprint density at radius 3 is 2.37 bits per heavy atom. The van der Waals surface area contributed by atoms with E-state index in [1.54, 1.807) is 12.1 Å². The van der Waals surface area contributed by atoms with Crippen LogP contribution in [0.1, 0.15) is 43.2 Å². The third-order valence-corrected chi connectivity index (χ3v) is 7.24. The Kier molecular flexibility index (Phi) is 7.28. The van der Waals surface area contributed by atoms with Gasteiger partial charge in [0.2, 0.25) is 0 Å². The zero-order chi connectivity index (χ0) is 24.0. The van der Waals surface area contributed by atoms with Gasteiger partial charge in [0.1, 0.15) is 18.2 Å². The molecule has 6 heteroatoms. The molecule has 1 aliphatic heterocycles. The molecule has 0 unspecified atom stereocenters. The minimum absolute atomic E-state index is 0.0354. The van der Waals surface area contributed by atoms with Gasteiger partial charge in [-0.2, -0.15) is 0 Å². The van der Waals surface area contributed by atoms with Crippen LogP contribution in [-0.4, -0.2) is 22.0 Å². The van der Waals surface area contributed by atoms with Crippen LogP contribution in [0.4, 0.5) is 10.1 Å². The SMILES string of the molecule is O=C1/C(=C\c2ccc(OCc3ccc(F)cc3)cc2)SC(=Nc2ccccc2)N1C1CCCCC1. The summed E-state index contributed by atoms with van der Waals surface area (Å²) in [5.41, 5.74) is 2.69. The van der Waals surface area contributed by atoms with Crippen LogP contribution in [0.2, 0.25) is 0 Å². The average molecular weight is 487 g/mol. The lowest BCUT2D eigenvalue weighted by atomic mass is 9.94. The molecule has 0 N–H and O–H groups in total. The monoisotopic (exact) mass is 486 g/mol. The second-order valence-corrected chi connectivity index (χ2v) is 9.80. The predicted molar refractivity (Wildman–Crippen MR) is 140 cm³/mol. The summed E-state index contributed by atoms with van der Waals surface area (Å²) in [6.07, 6.45) is 7.50. The van der Waals surface area contributed by atoms with E-state index in [1.807, 2.05) is 65.6 Å². The van der Waals surface area contributed by atoms with E-state index in [0.717, 1.165) is 53.4 Å². The zero-order valence-corrected chi connectivity index (χ0v) is 20.2. The number of carbonyl (C=O) groups excluding carboxylic acids is 1. The number of carbonyl (C=O) groups is 1. The van der Waals surface area contributed by atoms with Crippen molar-refractivity contribution in [1.82, 2.24) is 4.90 Å². The molecule has 1 aliphatic carbocycles. The maximum atomic E-state index is 13.5. The Bertz CT molecular complexity index is 1220. The van der Waals surface area contributed by atoms with E-state index in [4.69, 9.17) is 9.73 Å². The van der Waals surface area contributed by atoms with Crippen molar-refractivity contribution in [2.45, 2.75) is 44.8 Å². The number of benzene rings is 3. The summed E-state index contributed by atoms with van der Waals surface area (Å²) in [6.45, 7) is 0.366. The van der Waals surface area contributed by atoms with Gasteiger partial charge in [-0.25, -0.2) is 9.38 Å². The summed E-state index contributed by atoms with van der Waals surface area (Å²) in [5, 5.41) is 0.763. The van der Waals surface area contributed by atoms with Crippen molar-refractivity contribution in [2.75, 3.05) is 0 Å². The molecule has 0 atom stereocenters. The lowest BCUT2D eigenvalue weighted by molar-refractivity contribution is -0.124. The summed E-state index contributed by atoms with van der Waals surface area (Å²) >= 11 is 1.45. The molecule has 1 heterocycles. The van der Waals surface area contributed by atoms with E-state index in [2.05, 4.69) is 0 Å². The summed E-state index contributed by atoms with van der Waals surface area (Å²) in [6, 6.07) is 24.0. The minimum Gasteiger partial charge on any atom is -0.489 e. The van der Waals surface area contributed by atoms with Crippen molar-refractivity contribution in [3.8, 4) is 5.75 Å². The van der Waals surface area contributed by atoms with Gasteiger partial charge >= 0.3 is 0 Å². The second kappa shape index (κ2) is 10.9. The number of nitrogens with zero attached hydrogens (tertiary/aromatic N) is 2. The summed E-state index contributed by atoms with van der Waals surface area (Å²) in [7, 11) is 0. The molecule has 0 aromatic heterocycles. The molecule has 35 heavy (non-hydrogen) atoms. The first-order valence-electron chi connectivity index (χ1n) is 12.0. The van der Waals surface area contributed by atoms with Gasteiger partial charge in [-0.15, -0.1) is 0 Å². The number of hydrogen-bond acceptors (Lipinski definition) is 4. The van der Waals surface area contributed by atoms with Crippen LogP contribution in [0.5, 0.6) is 5.75 Å². The highest BCUT2D eigenvalue weighted by Crippen LogP contribution is 2.38. The molecular formula is C29H27FN2O2S. The molecule has 1 saturated carbocycles. The molecule has 3 aromatic carbocycles. The molecule has 2 aliphatic rings. The van der Waals surface area contributed by atoms with Gasteiger partial charge in [-0.1, -0.05) is 61.7 Å². The molecule has 0 spiro atoms. The lowest BCUT2D eigenvalue weighted by Gasteiger charge is -2.30. The highest BCUT2D eigenvalue weighted by Gasteiger charge is 2.38. The van der Waals surface area contributed by atoms with E-state index in [9.17, 15) is 9.18 Å². The molecule has 5 rings (SSSR count). The van der Waals surface area contributed by atoms with Crippen molar-refractivity contribution in [1.29, 1.82) is 0 Å². The number of hydrogen-bond donors (Lipinski definition) is 0. The minimum atomic E-state index is -0.260. The number of amidine groups is 1. The van der Waals surface area contributed by atoms with E-state index in [1.165, 1.54) is 30.3 Å². The van der Waals surface area contributed by atoms with Crippen LogP contribution < -0.4 is 4.74 Å². The van der Waals surface area contributed by atoms with Crippen molar-refractivity contribution < 1.29 is 13.9 Å². The van der Waals surface area contributed by atoms with Crippen molar-refractivity contribution in [2.24, 2.45) is 4.99 Å². The number of rotatable bonds is 6. The Morgan fingerprint density at radius 1 is 0.943 bits per heavy atom. The van der Waals surface area contributed by atoms with Gasteiger partial charge in [-0.05, 0) is 78.2 Å². The molecular weight excluding hydrogens is 459 g/mol. The maximum absolute atomic E-state index is 13.5. The van der Waals surface area contributed by atoms with E-state index in [0.29, 0.717) is 11.5 Å². The first kappa shape index (κ1) is 23.4. The number of amides is 1. The van der Waals surface area contributed by atoms with Crippen molar-refractivity contribution in [3.63, 3.8) is 0 Å². The molecule has 4 nitrogen and oxygen atoms in total. The third-order valence-electron chi connectivity index (χ3n) is 6.25. The largest absolute Gasteiger partial charge is 0.489 e. The van der Waals surface area contributed by atoms with E-state index in [-0.39, 0.29) is 17.8 Å². The maximum Gasteiger partial charge on any atom is 0.267 e. The fraction of sp³-hybridized carbons (Fsp3) is 0.241. The molecule has 1 saturated heterocycles. The van der Waals surface area contributed by atoms with Crippen molar-refractivity contribution >= 4 is 34.6 Å². The first-order valence-corrected chi connectivity index (χ1v) is 12.8. The zero-order valence-electron chi connectivity index (χ0n) is 19.4. The summed E-state index contributed by atoms with van der Waals surface area (Å²) in [5.74, 6) is 0.495. The number of para-hydroxylation sites is 1. The Morgan fingerprint density at radius 2 is 1.66 bits per heavy atom. The molecule has 3 aromatic rings. The van der Waals surface area contributed by atoms with Gasteiger partial charge in [0.15, 0.2) is 5.17 Å². The quantitative estimate of drug-likeness (QED) is 0.342. The standard InChI is InChI=1S/C29H27FN2O2S/c30-23-15-11-22(12-16-23)20-34-26-17-13-21(14-18-26)19-27-28(33)32(25-9-5-2-6-10-25)29(35-27)31-24-7-3-1-4-8-24/h1,3-4,7-8,11-19,25H,2,5-6,9-10,20H2/b27-19+,31-29?. The second-order valence-electron chi connectivity index (χ2n) is 8.79. The summed E-state index contributed by atoms with van der Waals surface area (Å²) in [4.78, 5) is 20.9. The normalized spacial score (nSPS) is 19.0. The van der Waals surface area contributed by atoms with Gasteiger partial charge in [0.05, 0.1) is 10.6 Å². The van der Waals surface area contributed by atoms with Gasteiger partial charge in [0, 0.05) is 6.04 Å². The smallest absolute Gasteiger partial charge is 0.267 e. The number of thioether (sulfide) groups is 1. The topological polar surface area (TPSA) is 41.9 Å². The fourth-order valence-corrected chi connectivity index (χ4v) is 5.46. The van der Waals surface area contributed by atoms with Gasteiger partial charge in [-0.3, -0.25) is 9.69 Å².